The molecule has 0 saturated carbocycles. The van der Waals surface area contributed by atoms with Crippen molar-refractivity contribution in [3.8, 4) is 11.5 Å². The van der Waals surface area contributed by atoms with Gasteiger partial charge >= 0.3 is 6.18 Å². The first-order valence-electron chi connectivity index (χ1n) is 5.44. The Bertz CT molecular complexity index is 588. The van der Waals surface area contributed by atoms with Gasteiger partial charge in [-0.1, -0.05) is 18.2 Å². The van der Waals surface area contributed by atoms with E-state index >= 15 is 0 Å². The van der Waals surface area contributed by atoms with Crippen molar-refractivity contribution in [3.63, 3.8) is 0 Å². The molecule has 0 aromatic heterocycles. The quantitative estimate of drug-likeness (QED) is 0.528. The summed E-state index contributed by atoms with van der Waals surface area (Å²) in [6.07, 6.45) is -4.42. The summed E-state index contributed by atoms with van der Waals surface area (Å²) in [5.41, 5.74) is -0.703. The second-order valence-electron chi connectivity index (χ2n) is 3.82. The van der Waals surface area contributed by atoms with Crippen molar-refractivity contribution in [1.82, 2.24) is 0 Å². The van der Waals surface area contributed by atoms with Crippen LogP contribution in [0.2, 0.25) is 0 Å². The Morgan fingerprint density at radius 2 is 1.55 bits per heavy atom. The van der Waals surface area contributed by atoms with Crippen molar-refractivity contribution in [2.24, 2.45) is 0 Å². The van der Waals surface area contributed by atoms with Gasteiger partial charge in [-0.15, -0.1) is 0 Å². The average Bonchev–Trinajstić information content (AvgIpc) is 2.38. The number of hydrogen-bond donors (Lipinski definition) is 0. The Kier molecular flexibility index (Phi) is 5.10. The van der Waals surface area contributed by atoms with E-state index in [2.05, 4.69) is 31.0 Å². The molecule has 7 heteroatoms. The molecule has 0 amide bonds. The van der Waals surface area contributed by atoms with Crippen LogP contribution in [-0.4, -0.2) is 0 Å². The fourth-order valence-electron chi connectivity index (χ4n) is 1.58. The molecular formula is C13H8Br2F3OP. The number of alkyl halides is 3. The molecule has 2 rings (SSSR count). The maximum Gasteiger partial charge on any atom is 0.417 e. The molecule has 2 aromatic carbocycles. The largest absolute Gasteiger partial charge is 0.457 e. The molecule has 1 nitrogen and oxygen atoms in total. The van der Waals surface area contributed by atoms with Gasteiger partial charge in [-0.05, 0) is 61.3 Å². The van der Waals surface area contributed by atoms with Gasteiger partial charge in [-0.3, -0.25) is 0 Å². The summed E-state index contributed by atoms with van der Waals surface area (Å²) in [5, 5.41) is -1.03. The molecule has 0 atom stereocenters. The topological polar surface area (TPSA) is 9.23 Å². The van der Waals surface area contributed by atoms with E-state index < -0.39 is 17.1 Å². The Labute approximate surface area is 131 Å². The highest BCUT2D eigenvalue weighted by molar-refractivity contribution is 9.70. The molecule has 0 aliphatic heterocycles. The summed E-state index contributed by atoms with van der Waals surface area (Å²) >= 11 is 6.32. The van der Waals surface area contributed by atoms with Crippen LogP contribution in [0.1, 0.15) is 5.56 Å². The molecule has 20 heavy (non-hydrogen) atoms. The van der Waals surface area contributed by atoms with Crippen molar-refractivity contribution in [2.75, 3.05) is 0 Å². The Morgan fingerprint density at radius 1 is 0.900 bits per heavy atom. The smallest absolute Gasteiger partial charge is 0.417 e. The zero-order valence-corrected chi connectivity index (χ0v) is 13.9. The lowest BCUT2D eigenvalue weighted by molar-refractivity contribution is -0.136. The molecule has 106 valence electrons. The zero-order chi connectivity index (χ0) is 14.8. The fourth-order valence-corrected chi connectivity index (χ4v) is 3.99. The second kappa shape index (κ2) is 6.46. The molecule has 0 heterocycles. The number of benzene rings is 2. The highest BCUT2D eigenvalue weighted by atomic mass is 79.9. The summed E-state index contributed by atoms with van der Waals surface area (Å²) in [6, 6.07) is 12.6. The van der Waals surface area contributed by atoms with Crippen molar-refractivity contribution in [1.29, 1.82) is 0 Å². The molecule has 2 aromatic rings. The minimum atomic E-state index is -4.42. The van der Waals surface area contributed by atoms with Crippen molar-refractivity contribution in [2.45, 2.75) is 6.18 Å². The van der Waals surface area contributed by atoms with Gasteiger partial charge in [-0.25, -0.2) is 0 Å². The standard InChI is InChI=1S/C13H8Br2F3OP/c14-20(15)12-7-6-10(8-11(12)13(16,17)18)19-9-4-2-1-3-5-9/h1-8H. The van der Waals surface area contributed by atoms with Crippen LogP contribution < -0.4 is 10.0 Å². The van der Waals surface area contributed by atoms with E-state index in [0.29, 0.717) is 5.75 Å². The zero-order valence-electron chi connectivity index (χ0n) is 9.86. The summed E-state index contributed by atoms with van der Waals surface area (Å²) < 4.78 is 44.5. The van der Waals surface area contributed by atoms with Crippen LogP contribution in [-0.2, 0) is 6.18 Å². The van der Waals surface area contributed by atoms with E-state index in [-0.39, 0.29) is 11.1 Å². The molecular weight excluding hydrogens is 420 g/mol. The number of halogens is 5. The monoisotopic (exact) mass is 426 g/mol. The molecule has 0 unspecified atom stereocenters. The highest BCUT2D eigenvalue weighted by Gasteiger charge is 2.35. The van der Waals surface area contributed by atoms with Crippen molar-refractivity contribution in [3.05, 3.63) is 54.1 Å². The normalized spacial score (nSPS) is 11.7. The van der Waals surface area contributed by atoms with Crippen LogP contribution in [0.25, 0.3) is 0 Å². The minimum absolute atomic E-state index is 0.157. The summed E-state index contributed by atoms with van der Waals surface area (Å²) in [5.74, 6) is 0.650. The molecule has 0 bridgehead atoms. The van der Waals surface area contributed by atoms with Gasteiger partial charge in [0.05, 0.1) is 10.9 Å². The van der Waals surface area contributed by atoms with Gasteiger partial charge < -0.3 is 4.74 Å². The molecule has 0 N–H and O–H groups in total. The van der Waals surface area contributed by atoms with Crippen LogP contribution in [0.3, 0.4) is 0 Å². The first-order valence-corrected chi connectivity index (χ1v) is 10.8. The predicted octanol–water partition coefficient (Wildman–Crippen LogP) is 6.22. The summed E-state index contributed by atoms with van der Waals surface area (Å²) in [6.45, 7) is 0. The second-order valence-corrected chi connectivity index (χ2v) is 11.9. The lowest BCUT2D eigenvalue weighted by Crippen LogP contribution is -2.16. The van der Waals surface area contributed by atoms with Crippen LogP contribution in [0.4, 0.5) is 13.2 Å². The van der Waals surface area contributed by atoms with Crippen LogP contribution >= 0.6 is 36.3 Å². The van der Waals surface area contributed by atoms with Gasteiger partial charge in [-0.2, -0.15) is 13.2 Å². The van der Waals surface area contributed by atoms with Crippen LogP contribution in [0, 0.1) is 0 Å². The van der Waals surface area contributed by atoms with Crippen molar-refractivity contribution >= 4 is 41.6 Å². The number of hydrogen-bond acceptors (Lipinski definition) is 1. The molecule has 0 aliphatic rings. The van der Waals surface area contributed by atoms with Crippen LogP contribution in [0.15, 0.2) is 48.5 Å². The molecule has 0 radical (unpaired) electrons. The lowest BCUT2D eigenvalue weighted by atomic mass is 10.2. The maximum absolute atomic E-state index is 13.0. The first kappa shape index (κ1) is 15.8. The first-order chi connectivity index (χ1) is 9.38. The Balaban J connectivity index is 2.37. The third-order valence-electron chi connectivity index (χ3n) is 2.43. The Hall–Kier alpha value is -0.580. The summed E-state index contributed by atoms with van der Waals surface area (Å²) in [7, 11) is 0. The number of ether oxygens (including phenoxy) is 1. The lowest BCUT2D eigenvalue weighted by Gasteiger charge is -2.15. The van der Waals surface area contributed by atoms with E-state index in [1.165, 1.54) is 12.1 Å². The molecule has 0 aliphatic carbocycles. The SMILES string of the molecule is FC(F)(F)c1cc(Oc2ccccc2)ccc1P(Br)Br. The third kappa shape index (κ3) is 3.96. The molecule has 0 fully saturated rings. The van der Waals surface area contributed by atoms with E-state index in [9.17, 15) is 13.2 Å². The average molecular weight is 428 g/mol. The van der Waals surface area contributed by atoms with Gasteiger partial charge in [0.2, 0.25) is 0 Å². The van der Waals surface area contributed by atoms with Gasteiger partial charge in [0.15, 0.2) is 0 Å². The highest BCUT2D eigenvalue weighted by Crippen LogP contribution is 2.53. The van der Waals surface area contributed by atoms with Gasteiger partial charge in [0.25, 0.3) is 0 Å². The van der Waals surface area contributed by atoms with E-state index in [1.54, 1.807) is 30.3 Å². The molecule has 0 spiro atoms. The van der Waals surface area contributed by atoms with Crippen molar-refractivity contribution < 1.29 is 17.9 Å². The number of para-hydroxylation sites is 1. The minimum Gasteiger partial charge on any atom is -0.457 e. The third-order valence-corrected chi connectivity index (χ3v) is 5.48. The number of rotatable bonds is 3. The Morgan fingerprint density at radius 3 is 2.10 bits per heavy atom. The molecule has 0 saturated heterocycles. The van der Waals surface area contributed by atoms with Gasteiger partial charge in [0.1, 0.15) is 11.5 Å². The van der Waals surface area contributed by atoms with E-state index in [0.717, 1.165) is 6.07 Å². The van der Waals surface area contributed by atoms with Gasteiger partial charge in [0, 0.05) is 5.30 Å². The fraction of sp³-hybridized carbons (Fsp3) is 0.0769. The van der Waals surface area contributed by atoms with E-state index in [4.69, 9.17) is 4.74 Å². The predicted molar refractivity (Wildman–Crippen MR) is 82.4 cm³/mol. The van der Waals surface area contributed by atoms with Crippen LogP contribution in [0.5, 0.6) is 11.5 Å². The summed E-state index contributed by atoms with van der Waals surface area (Å²) in [4.78, 5) is 0. The maximum atomic E-state index is 13.0. The van der Waals surface area contributed by atoms with E-state index in [1.807, 2.05) is 0 Å².